The lowest BCUT2D eigenvalue weighted by molar-refractivity contribution is -0.135. The topological polar surface area (TPSA) is 164 Å². The van der Waals surface area contributed by atoms with Crippen LogP contribution in [0.1, 0.15) is 41.3 Å². The molecular formula is C30H33N5O5. The number of likely N-dealkylation sites (tertiary alicyclic amines) is 1. The van der Waals surface area contributed by atoms with E-state index in [1.165, 1.54) is 6.07 Å². The number of nitrogens with two attached hydrogens (primary N) is 1. The molecule has 0 unspecified atom stereocenters. The highest BCUT2D eigenvalue weighted by atomic mass is 16.5. The zero-order chi connectivity index (χ0) is 28.8. The summed E-state index contributed by atoms with van der Waals surface area (Å²) in [5, 5.41) is 35.0. The van der Waals surface area contributed by atoms with Crippen molar-refractivity contribution in [2.45, 2.75) is 32.4 Å². The Hall–Kier alpha value is -4.86. The molecule has 0 atom stereocenters. The number of amidine groups is 2. The van der Waals surface area contributed by atoms with Crippen LogP contribution in [0.5, 0.6) is 5.75 Å². The van der Waals surface area contributed by atoms with E-state index in [1.54, 1.807) is 30.0 Å². The summed E-state index contributed by atoms with van der Waals surface area (Å²) in [6.07, 6.45) is 1.18. The summed E-state index contributed by atoms with van der Waals surface area (Å²) in [7, 11) is 0. The minimum absolute atomic E-state index is 0.0285. The molecule has 3 aromatic rings. The number of aliphatic carboxylic acids is 1. The molecule has 208 valence electrons. The van der Waals surface area contributed by atoms with E-state index in [0.717, 1.165) is 16.7 Å². The van der Waals surface area contributed by atoms with Crippen LogP contribution in [0.25, 0.3) is 11.1 Å². The van der Waals surface area contributed by atoms with Crippen LogP contribution in [0.2, 0.25) is 0 Å². The van der Waals surface area contributed by atoms with Crippen LogP contribution in [-0.2, 0) is 11.3 Å². The van der Waals surface area contributed by atoms with Gasteiger partial charge in [0.1, 0.15) is 29.8 Å². The summed E-state index contributed by atoms with van der Waals surface area (Å²) in [5.74, 6) is -1.49. The van der Waals surface area contributed by atoms with E-state index in [4.69, 9.17) is 21.3 Å². The van der Waals surface area contributed by atoms with Gasteiger partial charge in [0.25, 0.3) is 0 Å². The van der Waals surface area contributed by atoms with Crippen LogP contribution in [0.4, 0.5) is 5.69 Å². The molecule has 1 aliphatic rings. The van der Waals surface area contributed by atoms with E-state index in [1.807, 2.05) is 47.4 Å². The molecule has 40 heavy (non-hydrogen) atoms. The van der Waals surface area contributed by atoms with E-state index < -0.39 is 11.9 Å². The molecule has 0 bridgehead atoms. The molecule has 10 heteroatoms. The molecule has 0 radical (unpaired) electrons. The number of rotatable bonds is 10. The van der Waals surface area contributed by atoms with E-state index in [0.29, 0.717) is 43.0 Å². The highest BCUT2D eigenvalue weighted by Crippen LogP contribution is 2.30. The molecule has 1 aliphatic heterocycles. The molecule has 0 saturated carbocycles. The molecule has 0 aliphatic carbocycles. The van der Waals surface area contributed by atoms with Crippen LogP contribution < -0.4 is 15.4 Å². The predicted molar refractivity (Wildman–Crippen MR) is 154 cm³/mol. The molecule has 0 spiro atoms. The second kappa shape index (κ2) is 12.3. The Bertz CT molecular complexity index is 1430. The number of anilines is 1. The average Bonchev–Trinajstić information content (AvgIpc) is 2.93. The maximum absolute atomic E-state index is 12.2. The second-order valence-corrected chi connectivity index (χ2v) is 9.82. The monoisotopic (exact) mass is 543 g/mol. The molecule has 1 heterocycles. The predicted octanol–water partition coefficient (Wildman–Crippen LogP) is 4.27. The molecule has 1 saturated heterocycles. The Kier molecular flexibility index (Phi) is 8.68. The number of nitrogens with zero attached hydrogens (tertiary/aromatic N) is 2. The van der Waals surface area contributed by atoms with Gasteiger partial charge in [-0.05, 0) is 53.9 Å². The highest BCUT2D eigenvalue weighted by Gasteiger charge is 2.24. The maximum atomic E-state index is 12.2. The van der Waals surface area contributed by atoms with E-state index in [-0.39, 0.29) is 36.3 Å². The number of piperidine rings is 1. The lowest BCUT2D eigenvalue weighted by Crippen LogP contribution is -2.40. The summed E-state index contributed by atoms with van der Waals surface area (Å²) < 4.78 is 6.06. The Labute approximate surface area is 232 Å². The van der Waals surface area contributed by atoms with Gasteiger partial charge in [0, 0.05) is 43.7 Å². The van der Waals surface area contributed by atoms with Gasteiger partial charge >= 0.3 is 11.9 Å². The average molecular weight is 544 g/mol. The molecule has 1 fully saturated rings. The largest absolute Gasteiger partial charge is 0.489 e. The molecular weight excluding hydrogens is 510 g/mol. The minimum atomic E-state index is -1.16. The standard InChI is InChI=1S/C30H33N5O5/c1-19(31)34-12-10-25(11-13-34)40-27-9-8-24(16-26(27)30(38)39)35(18-28(36)37)17-20-4-2-5-21(14-20)22-6-3-7-23(15-22)29(32)33/h2-9,14-16,25,31H,10-13,17-18H2,1H3,(H3,32,33)(H,36,37)(H,38,39). The number of carbonyl (C=O) groups is 2. The summed E-state index contributed by atoms with van der Waals surface area (Å²) in [6.45, 7) is 2.99. The number of hydrogen-bond acceptors (Lipinski definition) is 6. The first kappa shape index (κ1) is 28.2. The fraction of sp³-hybridized carbons (Fsp3) is 0.267. The number of nitrogens with one attached hydrogen (secondary N) is 2. The SMILES string of the molecule is CC(=N)N1CCC(Oc2ccc(N(CC(=O)O)Cc3cccc(-c4cccc(C(=N)N)c4)c3)cc2C(=O)O)CC1. The molecule has 0 amide bonds. The van der Waals surface area contributed by atoms with Crippen molar-refractivity contribution in [1.82, 2.24) is 4.90 Å². The molecule has 6 N–H and O–H groups in total. The van der Waals surface area contributed by atoms with Crippen molar-refractivity contribution in [3.8, 4) is 16.9 Å². The first-order valence-electron chi connectivity index (χ1n) is 13.0. The van der Waals surface area contributed by atoms with Crippen molar-refractivity contribution < 1.29 is 24.5 Å². The maximum Gasteiger partial charge on any atom is 0.339 e. The third-order valence-electron chi connectivity index (χ3n) is 6.90. The van der Waals surface area contributed by atoms with Crippen molar-refractivity contribution >= 4 is 29.3 Å². The van der Waals surface area contributed by atoms with Crippen LogP contribution in [0.3, 0.4) is 0 Å². The van der Waals surface area contributed by atoms with Crippen molar-refractivity contribution in [2.24, 2.45) is 5.73 Å². The van der Waals surface area contributed by atoms with Gasteiger partial charge in [-0.25, -0.2) is 4.79 Å². The van der Waals surface area contributed by atoms with Crippen LogP contribution in [0, 0.1) is 10.8 Å². The lowest BCUT2D eigenvalue weighted by atomic mass is 10.0. The Morgan fingerprint density at radius 3 is 2.30 bits per heavy atom. The summed E-state index contributed by atoms with van der Waals surface area (Å²) in [4.78, 5) is 27.5. The van der Waals surface area contributed by atoms with Crippen molar-refractivity contribution in [1.29, 1.82) is 10.8 Å². The number of carboxylic acids is 2. The summed E-state index contributed by atoms with van der Waals surface area (Å²) >= 11 is 0. The normalized spacial score (nSPS) is 13.5. The Morgan fingerprint density at radius 2 is 1.68 bits per heavy atom. The number of ether oxygens (including phenoxy) is 1. The van der Waals surface area contributed by atoms with Gasteiger partial charge in [0.05, 0.1) is 5.84 Å². The Morgan fingerprint density at radius 1 is 1.00 bits per heavy atom. The van der Waals surface area contributed by atoms with Gasteiger partial charge in [0.2, 0.25) is 0 Å². The van der Waals surface area contributed by atoms with Gasteiger partial charge in [-0.2, -0.15) is 0 Å². The molecule has 4 rings (SSSR count). The number of hydrogen-bond donors (Lipinski definition) is 5. The van der Waals surface area contributed by atoms with Crippen LogP contribution in [-0.4, -0.2) is 64.5 Å². The van der Waals surface area contributed by atoms with Gasteiger partial charge in [-0.15, -0.1) is 0 Å². The number of benzene rings is 3. The highest BCUT2D eigenvalue weighted by molar-refractivity contribution is 5.96. The number of aromatic carboxylic acids is 1. The van der Waals surface area contributed by atoms with E-state index in [9.17, 15) is 19.8 Å². The van der Waals surface area contributed by atoms with E-state index in [2.05, 4.69) is 0 Å². The molecule has 10 nitrogen and oxygen atoms in total. The summed E-state index contributed by atoms with van der Waals surface area (Å²) in [6, 6.07) is 19.7. The molecule has 3 aromatic carbocycles. The first-order valence-corrected chi connectivity index (χ1v) is 13.0. The quantitative estimate of drug-likeness (QED) is 0.187. The first-order chi connectivity index (χ1) is 19.1. The third-order valence-corrected chi connectivity index (χ3v) is 6.90. The summed E-state index contributed by atoms with van der Waals surface area (Å²) in [5.41, 5.74) is 9.25. The van der Waals surface area contributed by atoms with Gasteiger partial charge < -0.3 is 30.5 Å². The van der Waals surface area contributed by atoms with Crippen LogP contribution >= 0.6 is 0 Å². The van der Waals surface area contributed by atoms with Gasteiger partial charge in [-0.1, -0.05) is 36.4 Å². The smallest absolute Gasteiger partial charge is 0.339 e. The zero-order valence-electron chi connectivity index (χ0n) is 22.3. The van der Waals surface area contributed by atoms with E-state index >= 15 is 0 Å². The lowest BCUT2D eigenvalue weighted by Gasteiger charge is -2.33. The number of nitrogen functional groups attached to an aromatic ring is 1. The van der Waals surface area contributed by atoms with Gasteiger partial charge in [-0.3, -0.25) is 15.6 Å². The molecule has 0 aromatic heterocycles. The fourth-order valence-electron chi connectivity index (χ4n) is 4.81. The van der Waals surface area contributed by atoms with Crippen molar-refractivity contribution in [3.05, 3.63) is 83.4 Å². The second-order valence-electron chi connectivity index (χ2n) is 9.82. The third kappa shape index (κ3) is 6.96. The van der Waals surface area contributed by atoms with Crippen molar-refractivity contribution in [2.75, 3.05) is 24.5 Å². The number of carboxylic acid groups (broad SMARTS) is 2. The van der Waals surface area contributed by atoms with Gasteiger partial charge in [0.15, 0.2) is 0 Å². The van der Waals surface area contributed by atoms with Crippen molar-refractivity contribution in [3.63, 3.8) is 0 Å². The Balaban J connectivity index is 1.57. The van der Waals surface area contributed by atoms with Crippen LogP contribution in [0.15, 0.2) is 66.7 Å². The minimum Gasteiger partial charge on any atom is -0.489 e. The zero-order valence-corrected chi connectivity index (χ0v) is 22.3. The fourth-order valence-corrected chi connectivity index (χ4v) is 4.81.